The van der Waals surface area contributed by atoms with Crippen molar-refractivity contribution in [2.24, 2.45) is 14.1 Å². The molecule has 1 aliphatic heterocycles. The minimum Gasteiger partial charge on any atom is -0.455 e. The summed E-state index contributed by atoms with van der Waals surface area (Å²) in [6, 6.07) is 9.63. The average molecular weight is 499 g/mol. The zero-order valence-corrected chi connectivity index (χ0v) is 21.3. The second-order valence-electron chi connectivity index (χ2n) is 9.52. The Balaban J connectivity index is 1.69. The van der Waals surface area contributed by atoms with E-state index in [-0.39, 0.29) is 11.1 Å². The largest absolute Gasteiger partial charge is 0.455 e. The van der Waals surface area contributed by atoms with Gasteiger partial charge in [-0.3, -0.25) is 9.59 Å². The number of rotatable bonds is 7. The van der Waals surface area contributed by atoms with Crippen molar-refractivity contribution in [1.29, 1.82) is 5.41 Å². The molecule has 3 aromatic heterocycles. The first-order chi connectivity index (χ1) is 17.8. The molecule has 37 heavy (non-hydrogen) atoms. The molecule has 0 aliphatic carbocycles. The van der Waals surface area contributed by atoms with Crippen LogP contribution in [-0.4, -0.2) is 39.5 Å². The Bertz CT molecular complexity index is 1650. The van der Waals surface area contributed by atoms with Gasteiger partial charge < -0.3 is 34.9 Å². The smallest absolute Gasteiger partial charge is 0.274 e. The molecule has 1 aromatic carbocycles. The number of allylic oxidation sites excluding steroid dienone is 1. The summed E-state index contributed by atoms with van der Waals surface area (Å²) in [6.07, 6.45) is 6.44. The summed E-state index contributed by atoms with van der Waals surface area (Å²) < 4.78 is 9.39. The molecule has 0 radical (unpaired) electrons. The van der Waals surface area contributed by atoms with Crippen LogP contribution in [0.2, 0.25) is 0 Å². The molecule has 0 spiro atoms. The lowest BCUT2D eigenvalue weighted by Crippen LogP contribution is -2.53. The number of hydrogen-bond donors (Lipinski definition) is 4. The van der Waals surface area contributed by atoms with Crippen LogP contribution in [0, 0.1) is 19.3 Å². The van der Waals surface area contributed by atoms with E-state index in [2.05, 4.69) is 15.6 Å². The van der Waals surface area contributed by atoms with Gasteiger partial charge in [0.25, 0.3) is 11.1 Å². The highest BCUT2D eigenvalue weighted by atomic mass is 16.5. The second kappa shape index (κ2) is 9.59. The Morgan fingerprint density at radius 3 is 2.46 bits per heavy atom. The summed E-state index contributed by atoms with van der Waals surface area (Å²) in [5, 5.41) is 15.1. The quantitative estimate of drug-likeness (QED) is 0.292. The van der Waals surface area contributed by atoms with Crippen LogP contribution in [0.1, 0.15) is 16.8 Å². The number of pyridine rings is 2. The minimum atomic E-state index is -0.202. The van der Waals surface area contributed by atoms with Crippen LogP contribution in [0.15, 0.2) is 58.5 Å². The molecule has 0 saturated carbocycles. The Hall–Kier alpha value is -4.37. The fraction of sp³-hybridized carbons (Fsp3) is 0.250. The molecule has 0 bridgehead atoms. The number of hydrogen-bond acceptors (Lipinski definition) is 6. The van der Waals surface area contributed by atoms with Gasteiger partial charge in [0.15, 0.2) is 5.75 Å². The summed E-state index contributed by atoms with van der Waals surface area (Å²) in [4.78, 5) is 29.0. The maximum atomic E-state index is 13.1. The van der Waals surface area contributed by atoms with Crippen molar-refractivity contribution in [2.45, 2.75) is 19.9 Å². The Kier molecular flexibility index (Phi) is 6.31. The number of nitrogens with one attached hydrogen (secondary N) is 4. The molecule has 0 atom stereocenters. The van der Waals surface area contributed by atoms with Gasteiger partial charge in [-0.15, -0.1) is 0 Å². The van der Waals surface area contributed by atoms with Crippen molar-refractivity contribution in [2.75, 3.05) is 13.1 Å². The summed E-state index contributed by atoms with van der Waals surface area (Å²) in [5.74, 6) is 1.23. The Labute approximate surface area is 213 Å². The van der Waals surface area contributed by atoms with Crippen LogP contribution >= 0.6 is 0 Å². The SMILES string of the molecule is Cc1cccc(C)c1Oc1cn(C)c(=O)cc1-c1cn(C)c(=O)c2[nH]c(/C(C=N)=C/NC3CNC3)cc12. The Morgan fingerprint density at radius 1 is 1.08 bits per heavy atom. The van der Waals surface area contributed by atoms with Gasteiger partial charge in [-0.05, 0) is 31.0 Å². The summed E-state index contributed by atoms with van der Waals surface area (Å²) in [7, 11) is 3.36. The normalized spacial score (nSPS) is 14.0. The molecule has 1 fully saturated rings. The molecule has 0 unspecified atom stereocenters. The lowest BCUT2D eigenvalue weighted by Gasteiger charge is -2.27. The monoisotopic (exact) mass is 498 g/mol. The van der Waals surface area contributed by atoms with Crippen LogP contribution in [0.5, 0.6) is 11.5 Å². The van der Waals surface area contributed by atoms with E-state index in [1.807, 2.05) is 38.1 Å². The Morgan fingerprint density at radius 2 is 1.81 bits per heavy atom. The molecule has 9 heteroatoms. The van der Waals surface area contributed by atoms with E-state index >= 15 is 0 Å². The number of aromatic amines is 1. The average Bonchev–Trinajstić information content (AvgIpc) is 3.28. The molecule has 4 heterocycles. The van der Waals surface area contributed by atoms with Crippen molar-refractivity contribution in [3.63, 3.8) is 0 Å². The van der Waals surface area contributed by atoms with E-state index in [0.717, 1.165) is 30.0 Å². The van der Waals surface area contributed by atoms with Crippen molar-refractivity contribution >= 4 is 22.7 Å². The lowest BCUT2D eigenvalue weighted by atomic mass is 10.0. The van der Waals surface area contributed by atoms with Crippen LogP contribution in [0.4, 0.5) is 0 Å². The van der Waals surface area contributed by atoms with E-state index in [1.165, 1.54) is 21.4 Å². The zero-order valence-electron chi connectivity index (χ0n) is 21.3. The topological polar surface area (TPSA) is 117 Å². The van der Waals surface area contributed by atoms with E-state index in [4.69, 9.17) is 10.1 Å². The first-order valence-corrected chi connectivity index (χ1v) is 12.1. The van der Waals surface area contributed by atoms with Gasteiger partial charge in [0.2, 0.25) is 0 Å². The molecule has 1 saturated heterocycles. The first kappa shape index (κ1) is 24.3. The number of aryl methyl sites for hydroxylation is 4. The van der Waals surface area contributed by atoms with Crippen LogP contribution in [0.25, 0.3) is 27.6 Å². The third-order valence-corrected chi connectivity index (χ3v) is 6.79. The second-order valence-corrected chi connectivity index (χ2v) is 9.52. The number of ether oxygens (including phenoxy) is 1. The number of para-hydroxylation sites is 1. The third-order valence-electron chi connectivity index (χ3n) is 6.79. The highest BCUT2D eigenvalue weighted by molar-refractivity contribution is 6.10. The maximum Gasteiger partial charge on any atom is 0.274 e. The van der Waals surface area contributed by atoms with E-state index < -0.39 is 0 Å². The molecular weight excluding hydrogens is 468 g/mol. The number of fused-ring (bicyclic) bond motifs is 1. The zero-order chi connectivity index (χ0) is 26.3. The fourth-order valence-corrected chi connectivity index (χ4v) is 4.48. The molecular formula is C28H30N6O3. The molecule has 190 valence electrons. The van der Waals surface area contributed by atoms with Crippen molar-refractivity contribution in [3.8, 4) is 22.6 Å². The summed E-state index contributed by atoms with van der Waals surface area (Å²) >= 11 is 0. The van der Waals surface area contributed by atoms with Crippen molar-refractivity contribution < 1.29 is 4.74 Å². The van der Waals surface area contributed by atoms with Gasteiger partial charge in [-0.2, -0.15) is 0 Å². The summed E-state index contributed by atoms with van der Waals surface area (Å²) in [6.45, 7) is 5.69. The van der Waals surface area contributed by atoms with E-state index in [9.17, 15) is 9.59 Å². The lowest BCUT2D eigenvalue weighted by molar-refractivity contribution is 0.402. The molecule has 4 aromatic rings. The highest BCUT2D eigenvalue weighted by Crippen LogP contribution is 2.38. The van der Waals surface area contributed by atoms with Gasteiger partial charge in [0, 0.05) is 79.6 Å². The van der Waals surface area contributed by atoms with Crippen LogP contribution < -0.4 is 26.5 Å². The maximum absolute atomic E-state index is 13.1. The van der Waals surface area contributed by atoms with E-state index in [0.29, 0.717) is 45.1 Å². The minimum absolute atomic E-state index is 0.194. The van der Waals surface area contributed by atoms with Gasteiger partial charge in [0.1, 0.15) is 11.3 Å². The molecule has 5 rings (SSSR count). The standard InChI is InChI=1S/C28H30N6O3/c1-16-6-5-7-17(2)27(16)37-24-15-33(3)25(35)9-20(24)22-14-34(4)28(36)26-21(22)8-23(32-26)18(10-29)11-31-19-12-30-13-19/h5-11,14-15,19,29-32H,12-13H2,1-4H3/b18-11+,29-10?. The van der Waals surface area contributed by atoms with E-state index in [1.54, 1.807) is 32.7 Å². The number of nitrogens with zero attached hydrogens (tertiary/aromatic N) is 2. The number of benzene rings is 1. The van der Waals surface area contributed by atoms with Gasteiger partial charge in [-0.1, -0.05) is 18.2 Å². The first-order valence-electron chi connectivity index (χ1n) is 12.1. The number of aromatic nitrogens is 3. The molecule has 4 N–H and O–H groups in total. The summed E-state index contributed by atoms with van der Waals surface area (Å²) in [5.41, 5.74) is 4.46. The van der Waals surface area contributed by atoms with Crippen LogP contribution in [0.3, 0.4) is 0 Å². The van der Waals surface area contributed by atoms with Crippen molar-refractivity contribution in [3.05, 3.63) is 86.5 Å². The highest BCUT2D eigenvalue weighted by Gasteiger charge is 2.20. The molecule has 1 aliphatic rings. The number of H-pyrrole nitrogens is 1. The predicted molar refractivity (Wildman–Crippen MR) is 147 cm³/mol. The predicted octanol–water partition coefficient (Wildman–Crippen LogP) is 3.19. The molecule has 9 nitrogen and oxygen atoms in total. The van der Waals surface area contributed by atoms with Crippen molar-refractivity contribution in [1.82, 2.24) is 24.8 Å². The van der Waals surface area contributed by atoms with Gasteiger partial charge in [0.05, 0.1) is 12.2 Å². The molecule has 0 amide bonds. The fourth-order valence-electron chi connectivity index (χ4n) is 4.48. The van der Waals surface area contributed by atoms with Gasteiger partial charge in [-0.25, -0.2) is 0 Å². The van der Waals surface area contributed by atoms with Gasteiger partial charge >= 0.3 is 0 Å². The third kappa shape index (κ3) is 4.49. The van der Waals surface area contributed by atoms with Crippen LogP contribution in [-0.2, 0) is 14.1 Å².